The molecule has 5 heteroatoms. The average molecular weight is 196 g/mol. The van der Waals surface area contributed by atoms with Crippen molar-refractivity contribution in [1.82, 2.24) is 5.01 Å². The Morgan fingerprint density at radius 1 is 1.36 bits per heavy atom. The average Bonchev–Trinajstić information content (AvgIpc) is 2.09. The van der Waals surface area contributed by atoms with Crippen LogP contribution in [0.4, 0.5) is 0 Å². The smallest absolute Gasteiger partial charge is 0.246 e. The van der Waals surface area contributed by atoms with E-state index in [-0.39, 0.29) is 23.9 Å². The lowest BCUT2D eigenvalue weighted by Crippen LogP contribution is -2.43. The van der Waals surface area contributed by atoms with Crippen molar-refractivity contribution in [1.29, 1.82) is 0 Å². The van der Waals surface area contributed by atoms with Gasteiger partial charge in [-0.05, 0) is 13.8 Å². The van der Waals surface area contributed by atoms with Crippen LogP contribution in [-0.4, -0.2) is 28.4 Å². The van der Waals surface area contributed by atoms with E-state index in [0.29, 0.717) is 0 Å². The van der Waals surface area contributed by atoms with E-state index in [1.54, 1.807) is 13.8 Å². The van der Waals surface area contributed by atoms with Crippen LogP contribution in [0.2, 0.25) is 0 Å². The molecule has 0 saturated carbocycles. The second-order valence-electron chi connectivity index (χ2n) is 3.43. The Labute approximate surface area is 81.5 Å². The molecule has 0 radical (unpaired) electrons. The molecule has 1 aliphatic rings. The van der Waals surface area contributed by atoms with Gasteiger partial charge in [-0.3, -0.25) is 14.4 Å². The van der Waals surface area contributed by atoms with Gasteiger partial charge in [-0.15, -0.1) is 0 Å². The number of carbonyl (C=O) groups is 3. The van der Waals surface area contributed by atoms with E-state index in [0.717, 1.165) is 11.1 Å². The van der Waals surface area contributed by atoms with Gasteiger partial charge >= 0.3 is 0 Å². The first-order valence-electron chi connectivity index (χ1n) is 4.29. The standard InChI is InChI=1S/C9H12N2O3/c1-5(2)11(10)7-3-6(12)4-8(13)9(7)14/h3,5H,4,10H2,1-2H3. The summed E-state index contributed by atoms with van der Waals surface area (Å²) in [6.07, 6.45) is 0.790. The number of ketones is 3. The van der Waals surface area contributed by atoms with Crippen LogP contribution < -0.4 is 5.84 Å². The van der Waals surface area contributed by atoms with E-state index >= 15 is 0 Å². The van der Waals surface area contributed by atoms with Gasteiger partial charge in [0.05, 0.1) is 6.42 Å². The molecule has 14 heavy (non-hydrogen) atoms. The number of hydrogen-bond donors (Lipinski definition) is 1. The van der Waals surface area contributed by atoms with Crippen molar-refractivity contribution in [3.8, 4) is 0 Å². The van der Waals surface area contributed by atoms with E-state index in [4.69, 9.17) is 5.84 Å². The molecule has 0 amide bonds. The summed E-state index contributed by atoms with van der Waals surface area (Å²) in [4.78, 5) is 33.4. The number of Topliss-reactive ketones (excluding diaryl/α,β-unsaturated/α-hetero) is 2. The number of nitrogens with two attached hydrogens (primary N) is 1. The Morgan fingerprint density at radius 3 is 2.43 bits per heavy atom. The van der Waals surface area contributed by atoms with Crippen LogP contribution >= 0.6 is 0 Å². The molecule has 5 nitrogen and oxygen atoms in total. The Bertz CT molecular complexity index is 331. The minimum Gasteiger partial charge on any atom is -0.305 e. The fraction of sp³-hybridized carbons (Fsp3) is 0.444. The van der Waals surface area contributed by atoms with E-state index < -0.39 is 11.6 Å². The molecule has 0 aromatic rings. The molecular formula is C9H12N2O3. The van der Waals surface area contributed by atoms with Gasteiger partial charge in [0.2, 0.25) is 11.6 Å². The van der Waals surface area contributed by atoms with Gasteiger partial charge in [0, 0.05) is 12.1 Å². The molecule has 0 heterocycles. The third-order valence-electron chi connectivity index (χ3n) is 1.95. The molecule has 0 aromatic carbocycles. The van der Waals surface area contributed by atoms with Crippen LogP contribution in [-0.2, 0) is 14.4 Å². The molecule has 0 aliphatic heterocycles. The molecule has 0 fully saturated rings. The predicted molar refractivity (Wildman–Crippen MR) is 48.9 cm³/mol. The fourth-order valence-corrected chi connectivity index (χ4v) is 1.12. The largest absolute Gasteiger partial charge is 0.305 e. The SMILES string of the molecule is CC(C)N(N)C1=CC(=O)CC(=O)C1=O. The summed E-state index contributed by atoms with van der Waals surface area (Å²) in [5, 5.41) is 1.14. The maximum atomic E-state index is 11.3. The maximum absolute atomic E-state index is 11.3. The normalized spacial score (nSPS) is 17.4. The first kappa shape index (κ1) is 10.6. The highest BCUT2D eigenvalue weighted by atomic mass is 16.2. The Balaban J connectivity index is 3.01. The Kier molecular flexibility index (Phi) is 2.81. The van der Waals surface area contributed by atoms with Gasteiger partial charge in [-0.25, -0.2) is 5.84 Å². The summed E-state index contributed by atoms with van der Waals surface area (Å²) in [5.74, 6) is 3.80. The molecular weight excluding hydrogens is 184 g/mol. The van der Waals surface area contributed by atoms with Crippen molar-refractivity contribution in [3.63, 3.8) is 0 Å². The van der Waals surface area contributed by atoms with E-state index in [1.165, 1.54) is 0 Å². The summed E-state index contributed by atoms with van der Waals surface area (Å²) >= 11 is 0. The summed E-state index contributed by atoms with van der Waals surface area (Å²) in [5.41, 5.74) is -0.0127. The summed E-state index contributed by atoms with van der Waals surface area (Å²) in [7, 11) is 0. The second kappa shape index (κ2) is 3.71. The van der Waals surface area contributed by atoms with Crippen LogP contribution in [0.25, 0.3) is 0 Å². The molecule has 0 spiro atoms. The van der Waals surface area contributed by atoms with Gasteiger partial charge in [0.1, 0.15) is 5.70 Å². The van der Waals surface area contributed by atoms with Crippen LogP contribution in [0.5, 0.6) is 0 Å². The molecule has 2 N–H and O–H groups in total. The lowest BCUT2D eigenvalue weighted by atomic mass is 10.00. The lowest BCUT2D eigenvalue weighted by Gasteiger charge is -2.25. The van der Waals surface area contributed by atoms with Crippen molar-refractivity contribution >= 4 is 17.3 Å². The van der Waals surface area contributed by atoms with Crippen molar-refractivity contribution in [2.45, 2.75) is 26.3 Å². The third-order valence-corrected chi connectivity index (χ3v) is 1.95. The zero-order chi connectivity index (χ0) is 10.9. The van der Waals surface area contributed by atoms with Crippen molar-refractivity contribution in [3.05, 3.63) is 11.8 Å². The van der Waals surface area contributed by atoms with Crippen LogP contribution in [0.1, 0.15) is 20.3 Å². The molecule has 76 valence electrons. The topological polar surface area (TPSA) is 80.5 Å². The molecule has 0 saturated heterocycles. The van der Waals surface area contributed by atoms with Gasteiger partial charge in [-0.2, -0.15) is 0 Å². The fourth-order valence-electron chi connectivity index (χ4n) is 1.12. The van der Waals surface area contributed by atoms with Crippen LogP contribution in [0.15, 0.2) is 11.8 Å². The zero-order valence-electron chi connectivity index (χ0n) is 8.11. The van der Waals surface area contributed by atoms with Crippen molar-refractivity contribution in [2.24, 2.45) is 5.84 Å². The van der Waals surface area contributed by atoms with Crippen LogP contribution in [0, 0.1) is 0 Å². The maximum Gasteiger partial charge on any atom is 0.246 e. The zero-order valence-corrected chi connectivity index (χ0v) is 8.11. The Hall–Kier alpha value is -1.49. The minimum absolute atomic E-state index is 0.0127. The number of hydrogen-bond acceptors (Lipinski definition) is 5. The molecule has 1 rings (SSSR count). The highest BCUT2D eigenvalue weighted by molar-refractivity contribution is 6.48. The minimum atomic E-state index is -0.691. The van der Waals surface area contributed by atoms with Gasteiger partial charge in [-0.1, -0.05) is 0 Å². The highest BCUT2D eigenvalue weighted by Gasteiger charge is 2.30. The van der Waals surface area contributed by atoms with Crippen molar-refractivity contribution < 1.29 is 14.4 Å². The quantitative estimate of drug-likeness (QED) is 0.280. The first-order valence-corrected chi connectivity index (χ1v) is 4.29. The van der Waals surface area contributed by atoms with E-state index in [2.05, 4.69) is 0 Å². The number of carbonyl (C=O) groups excluding carboxylic acids is 3. The van der Waals surface area contributed by atoms with E-state index in [1.807, 2.05) is 0 Å². The monoisotopic (exact) mass is 196 g/mol. The molecule has 0 unspecified atom stereocenters. The highest BCUT2D eigenvalue weighted by Crippen LogP contribution is 2.12. The predicted octanol–water partition coefficient (Wildman–Crippen LogP) is -0.435. The van der Waals surface area contributed by atoms with Gasteiger partial charge < -0.3 is 5.01 Å². The van der Waals surface area contributed by atoms with Crippen LogP contribution in [0.3, 0.4) is 0 Å². The summed E-state index contributed by atoms with van der Waals surface area (Å²) in [6, 6.07) is -0.135. The number of nitrogens with zero attached hydrogens (tertiary/aromatic N) is 1. The van der Waals surface area contributed by atoms with Crippen molar-refractivity contribution in [2.75, 3.05) is 0 Å². The summed E-state index contributed by atoms with van der Waals surface area (Å²) < 4.78 is 0. The number of hydrazine groups is 1. The molecule has 1 aliphatic carbocycles. The second-order valence-corrected chi connectivity index (χ2v) is 3.43. The van der Waals surface area contributed by atoms with Gasteiger partial charge in [0.15, 0.2) is 5.78 Å². The summed E-state index contributed by atoms with van der Waals surface area (Å²) in [6.45, 7) is 3.52. The van der Waals surface area contributed by atoms with E-state index in [9.17, 15) is 14.4 Å². The first-order chi connectivity index (χ1) is 6.43. The molecule has 0 atom stereocenters. The number of rotatable bonds is 2. The third kappa shape index (κ3) is 1.88. The molecule has 0 bridgehead atoms. The number of allylic oxidation sites excluding steroid dienone is 2. The van der Waals surface area contributed by atoms with Gasteiger partial charge in [0.25, 0.3) is 0 Å². The Morgan fingerprint density at radius 2 is 1.93 bits per heavy atom. The molecule has 0 aromatic heterocycles. The lowest BCUT2D eigenvalue weighted by molar-refractivity contribution is -0.138.